The van der Waals surface area contributed by atoms with Crippen LogP contribution >= 0.6 is 0 Å². The molecule has 3 aromatic heterocycles. The highest BCUT2D eigenvalue weighted by Gasteiger charge is 2.30. The minimum absolute atomic E-state index is 0.0484. The van der Waals surface area contributed by atoms with E-state index in [1.807, 2.05) is 18.2 Å². The van der Waals surface area contributed by atoms with Crippen LogP contribution < -0.4 is 10.6 Å². The quantitative estimate of drug-likeness (QED) is 0.353. The second-order valence-electron chi connectivity index (χ2n) is 11.4. The smallest absolute Gasteiger partial charge is 0.258 e. The van der Waals surface area contributed by atoms with Gasteiger partial charge in [-0.25, -0.2) is 4.98 Å². The molecule has 0 spiro atoms. The highest BCUT2D eigenvalue weighted by molar-refractivity contribution is 6.00. The molecule has 39 heavy (non-hydrogen) atoms. The van der Waals surface area contributed by atoms with Gasteiger partial charge in [0.05, 0.1) is 11.8 Å². The molecule has 1 aromatic carbocycles. The summed E-state index contributed by atoms with van der Waals surface area (Å²) in [5.74, 6) is 2.68. The topological polar surface area (TPSA) is 89.8 Å². The number of anilines is 1. The zero-order chi connectivity index (χ0) is 26.8. The first-order valence-corrected chi connectivity index (χ1v) is 14.0. The van der Waals surface area contributed by atoms with Crippen molar-refractivity contribution >= 4 is 33.7 Å². The van der Waals surface area contributed by atoms with E-state index in [2.05, 4.69) is 41.5 Å². The maximum absolute atomic E-state index is 13.3. The molecule has 1 unspecified atom stereocenters. The van der Waals surface area contributed by atoms with Crippen molar-refractivity contribution in [3.8, 4) is 11.5 Å². The van der Waals surface area contributed by atoms with Gasteiger partial charge in [-0.3, -0.25) is 4.79 Å². The van der Waals surface area contributed by atoms with Crippen LogP contribution in [0, 0.1) is 18.8 Å². The highest BCUT2D eigenvalue weighted by Crippen LogP contribution is 2.40. The number of amides is 1. The molecule has 8 nitrogen and oxygen atoms in total. The van der Waals surface area contributed by atoms with Crippen molar-refractivity contribution in [3.05, 3.63) is 59.4 Å². The predicted octanol–water partition coefficient (Wildman–Crippen LogP) is 5.29. The first-order chi connectivity index (χ1) is 18.9. The summed E-state index contributed by atoms with van der Waals surface area (Å²) in [6.45, 7) is 7.49. The van der Waals surface area contributed by atoms with Crippen molar-refractivity contribution in [2.75, 3.05) is 31.6 Å². The van der Waals surface area contributed by atoms with Crippen LogP contribution in [0.3, 0.4) is 0 Å². The van der Waals surface area contributed by atoms with E-state index in [1.165, 1.54) is 12.8 Å². The number of carbonyl (C=O) groups excluding carboxylic acids is 1. The molecule has 7 rings (SSSR count). The fourth-order valence-corrected chi connectivity index (χ4v) is 5.96. The van der Waals surface area contributed by atoms with Gasteiger partial charge in [0.25, 0.3) is 5.91 Å². The van der Waals surface area contributed by atoms with Crippen LogP contribution in [0.5, 0.6) is 0 Å². The number of aryl methyl sites for hydroxylation is 1. The van der Waals surface area contributed by atoms with E-state index >= 15 is 0 Å². The fraction of sp³-hybridized carbons (Fsp3) is 0.419. The van der Waals surface area contributed by atoms with E-state index in [0.29, 0.717) is 18.0 Å². The Bertz CT molecular complexity index is 1620. The molecule has 2 aliphatic heterocycles. The lowest BCUT2D eigenvalue weighted by atomic mass is 10.1. The van der Waals surface area contributed by atoms with Gasteiger partial charge in [-0.2, -0.15) is 0 Å². The number of benzene rings is 1. The molecule has 4 aromatic rings. The Kier molecular flexibility index (Phi) is 5.70. The van der Waals surface area contributed by atoms with Gasteiger partial charge in [-0.1, -0.05) is 13.0 Å². The molecule has 1 saturated heterocycles. The van der Waals surface area contributed by atoms with Crippen LogP contribution in [-0.4, -0.2) is 53.2 Å². The summed E-state index contributed by atoms with van der Waals surface area (Å²) < 4.78 is 14.3. The minimum atomic E-state index is -0.0484. The average Bonchev–Trinajstić information content (AvgIpc) is 3.44. The van der Waals surface area contributed by atoms with Crippen molar-refractivity contribution in [3.63, 3.8) is 0 Å². The lowest BCUT2D eigenvalue weighted by molar-refractivity contribution is 0.0783. The van der Waals surface area contributed by atoms with Gasteiger partial charge in [0.1, 0.15) is 17.0 Å². The maximum atomic E-state index is 13.3. The lowest BCUT2D eigenvalue weighted by Gasteiger charge is -2.39. The molecule has 5 heterocycles. The number of aromatic nitrogens is 2. The summed E-state index contributed by atoms with van der Waals surface area (Å²) in [5, 5.41) is 2.13. The molecule has 0 bridgehead atoms. The maximum Gasteiger partial charge on any atom is 0.258 e. The summed E-state index contributed by atoms with van der Waals surface area (Å²) in [4.78, 5) is 22.4. The van der Waals surface area contributed by atoms with Gasteiger partial charge in [-0.05, 0) is 62.4 Å². The Morgan fingerprint density at radius 1 is 1.15 bits per heavy atom. The summed E-state index contributed by atoms with van der Waals surface area (Å²) in [5.41, 5.74) is 11.4. The molecule has 0 radical (unpaired) electrons. The summed E-state index contributed by atoms with van der Waals surface area (Å²) in [6.07, 6.45) is 5.48. The molecule has 8 heteroatoms. The number of nitrogens with zero attached hydrogens (tertiary/aromatic N) is 4. The van der Waals surface area contributed by atoms with Gasteiger partial charge in [0.2, 0.25) is 0 Å². The number of pyridine rings is 1. The van der Waals surface area contributed by atoms with Crippen molar-refractivity contribution in [1.82, 2.24) is 14.5 Å². The number of hydrogen-bond donors (Lipinski definition) is 1. The van der Waals surface area contributed by atoms with E-state index in [4.69, 9.17) is 19.9 Å². The molecule has 1 aliphatic carbocycles. The van der Waals surface area contributed by atoms with Gasteiger partial charge < -0.3 is 29.3 Å². The van der Waals surface area contributed by atoms with E-state index < -0.39 is 0 Å². The predicted molar refractivity (Wildman–Crippen MR) is 152 cm³/mol. The number of methoxy groups -OCH3 is 1. The number of furan rings is 1. The van der Waals surface area contributed by atoms with Crippen LogP contribution in [-0.2, 0) is 11.3 Å². The highest BCUT2D eigenvalue weighted by atomic mass is 16.5. The molecule has 202 valence electrons. The molecular weight excluding hydrogens is 490 g/mol. The van der Waals surface area contributed by atoms with Crippen molar-refractivity contribution in [1.29, 1.82) is 0 Å². The molecular formula is C31H35N5O3. The van der Waals surface area contributed by atoms with Crippen LogP contribution in [0.4, 0.5) is 5.82 Å². The standard InChI is InChI=1S/C31H35N5O3/c1-4-20-14-35(17-25(20)32)31(37)22-7-9-24-18(2)29(39-27(24)12-22)26-11-21-8-10-28(34-15-23(16-34)38-3)33-30(21)36(26)13-19-5-6-19/h7-12,17,19-20,23H,4-6,13-16,32H2,1-3H3. The number of ether oxygens (including phenoxy) is 1. The molecule has 2 fully saturated rings. The Morgan fingerprint density at radius 2 is 1.97 bits per heavy atom. The number of carbonyl (C=O) groups is 1. The molecule has 2 N–H and O–H groups in total. The first kappa shape index (κ1) is 24.3. The van der Waals surface area contributed by atoms with Crippen molar-refractivity contribution < 1.29 is 13.9 Å². The largest absolute Gasteiger partial charge is 0.454 e. The molecule has 1 atom stereocenters. The van der Waals surface area contributed by atoms with E-state index in [0.717, 1.165) is 76.6 Å². The second kappa shape index (κ2) is 9.16. The van der Waals surface area contributed by atoms with Crippen molar-refractivity contribution in [2.45, 2.75) is 45.8 Å². The normalized spacial score (nSPS) is 19.8. The summed E-state index contributed by atoms with van der Waals surface area (Å²) in [7, 11) is 1.77. The van der Waals surface area contributed by atoms with Crippen molar-refractivity contribution in [2.24, 2.45) is 17.6 Å². The van der Waals surface area contributed by atoms with Crippen LogP contribution in [0.2, 0.25) is 0 Å². The Balaban J connectivity index is 1.26. The van der Waals surface area contributed by atoms with E-state index in [9.17, 15) is 4.79 Å². The van der Waals surface area contributed by atoms with Crippen LogP contribution in [0.25, 0.3) is 33.5 Å². The second-order valence-corrected chi connectivity index (χ2v) is 11.4. The van der Waals surface area contributed by atoms with Gasteiger partial charge >= 0.3 is 0 Å². The van der Waals surface area contributed by atoms with Gasteiger partial charge in [-0.15, -0.1) is 0 Å². The third kappa shape index (κ3) is 4.09. The number of nitrogens with two attached hydrogens (primary N) is 1. The SMILES string of the molecule is CCC1CN(C(=O)c2ccc3c(C)c(-c4cc5ccc(N6CC(OC)C6)nc5n4CC4CC4)oc3c2)C=C1N. The number of hydrogen-bond acceptors (Lipinski definition) is 6. The third-order valence-electron chi connectivity index (χ3n) is 8.74. The Hall–Kier alpha value is -3.78. The van der Waals surface area contributed by atoms with E-state index in [-0.39, 0.29) is 17.9 Å². The Morgan fingerprint density at radius 3 is 2.69 bits per heavy atom. The first-order valence-electron chi connectivity index (χ1n) is 14.0. The summed E-state index contributed by atoms with van der Waals surface area (Å²) in [6, 6.07) is 12.2. The number of fused-ring (bicyclic) bond motifs is 2. The molecule has 1 saturated carbocycles. The summed E-state index contributed by atoms with van der Waals surface area (Å²) >= 11 is 0. The fourth-order valence-electron chi connectivity index (χ4n) is 5.96. The number of rotatable bonds is 7. The molecule has 3 aliphatic rings. The zero-order valence-corrected chi connectivity index (χ0v) is 22.8. The molecule has 1 amide bonds. The minimum Gasteiger partial charge on any atom is -0.454 e. The lowest BCUT2D eigenvalue weighted by Crippen LogP contribution is -2.52. The monoisotopic (exact) mass is 525 g/mol. The average molecular weight is 526 g/mol. The van der Waals surface area contributed by atoms with Crippen LogP contribution in [0.15, 0.2) is 52.7 Å². The van der Waals surface area contributed by atoms with E-state index in [1.54, 1.807) is 18.2 Å². The third-order valence-corrected chi connectivity index (χ3v) is 8.74. The Labute approximate surface area is 228 Å². The van der Waals surface area contributed by atoms with Crippen LogP contribution in [0.1, 0.15) is 42.1 Å². The van der Waals surface area contributed by atoms with Gasteiger partial charge in [0.15, 0.2) is 5.76 Å². The van der Waals surface area contributed by atoms with Gasteiger partial charge in [0, 0.05) is 73.0 Å². The zero-order valence-electron chi connectivity index (χ0n) is 22.8.